The number of nitrogens with zero attached hydrogens (tertiary/aromatic N) is 6. The first kappa shape index (κ1) is 32.7. The third-order valence-corrected chi connectivity index (χ3v) is 10.2. The van der Waals surface area contributed by atoms with Crippen molar-refractivity contribution in [3.63, 3.8) is 0 Å². The molecule has 260 valence electrons. The van der Waals surface area contributed by atoms with Crippen molar-refractivity contribution in [2.45, 2.75) is 63.6 Å². The Morgan fingerprint density at radius 2 is 1.61 bits per heavy atom. The van der Waals surface area contributed by atoms with Crippen molar-refractivity contribution in [3.05, 3.63) is 129 Å². The van der Waals surface area contributed by atoms with E-state index >= 15 is 0 Å². The number of fused-ring (bicyclic) bond motifs is 2. The van der Waals surface area contributed by atoms with Crippen LogP contribution in [-0.2, 0) is 6.54 Å². The van der Waals surface area contributed by atoms with Crippen LogP contribution in [-0.4, -0.2) is 53.4 Å². The van der Waals surface area contributed by atoms with E-state index < -0.39 is 28.9 Å². The zero-order valence-corrected chi connectivity index (χ0v) is 28.0. The van der Waals surface area contributed by atoms with Crippen LogP contribution in [0.4, 0.5) is 8.78 Å². The van der Waals surface area contributed by atoms with Crippen LogP contribution in [0.2, 0.25) is 0 Å². The third-order valence-electron chi connectivity index (χ3n) is 10.2. The van der Waals surface area contributed by atoms with E-state index in [1.165, 1.54) is 62.9 Å². The first-order chi connectivity index (χ1) is 24.8. The fraction of sp³-hybridized carbons (Fsp3) is 0.308. The molecule has 2 fully saturated rings. The van der Waals surface area contributed by atoms with Crippen molar-refractivity contribution in [1.82, 2.24) is 33.7 Å². The average Bonchev–Trinajstić information content (AvgIpc) is 3.57. The molecule has 1 aliphatic heterocycles. The molecule has 2 aliphatic rings. The molecule has 1 saturated heterocycles. The summed E-state index contributed by atoms with van der Waals surface area (Å²) in [7, 11) is 0. The van der Waals surface area contributed by atoms with Gasteiger partial charge in [-0.15, -0.1) is 0 Å². The molecular formula is C39H37F2N7O3. The third kappa shape index (κ3) is 6.59. The Bertz CT molecular complexity index is 2390. The lowest BCUT2D eigenvalue weighted by Crippen LogP contribution is -2.45. The van der Waals surface area contributed by atoms with Crippen LogP contribution in [0.3, 0.4) is 0 Å². The number of amides is 1. The zero-order chi connectivity index (χ0) is 35.1. The number of pyridine rings is 2. The van der Waals surface area contributed by atoms with Gasteiger partial charge in [0, 0.05) is 31.0 Å². The highest BCUT2D eigenvalue weighted by atomic mass is 19.1. The van der Waals surface area contributed by atoms with Crippen LogP contribution in [0.15, 0.2) is 94.9 Å². The van der Waals surface area contributed by atoms with E-state index in [-0.39, 0.29) is 28.7 Å². The molecule has 1 amide bonds. The van der Waals surface area contributed by atoms with Crippen molar-refractivity contribution in [2.24, 2.45) is 0 Å². The summed E-state index contributed by atoms with van der Waals surface area (Å²) >= 11 is 0. The number of halogens is 2. The number of likely N-dealkylation sites (tertiary alicyclic amines) is 1. The molecule has 12 heteroatoms. The average molecular weight is 690 g/mol. The molecule has 1 aliphatic carbocycles. The molecule has 0 spiro atoms. The number of hydrogen-bond donors (Lipinski definition) is 1. The number of hydrogen-bond acceptors (Lipinski definition) is 6. The second-order valence-corrected chi connectivity index (χ2v) is 13.6. The van der Waals surface area contributed by atoms with Crippen molar-refractivity contribution in [2.75, 3.05) is 13.1 Å². The monoisotopic (exact) mass is 689 g/mol. The molecule has 8 rings (SSSR count). The van der Waals surface area contributed by atoms with Crippen LogP contribution < -0.4 is 16.6 Å². The summed E-state index contributed by atoms with van der Waals surface area (Å²) in [5, 5.41) is 3.01. The minimum absolute atomic E-state index is 0.0160. The molecule has 51 heavy (non-hydrogen) atoms. The van der Waals surface area contributed by atoms with Crippen LogP contribution in [0.5, 0.6) is 0 Å². The fourth-order valence-electron chi connectivity index (χ4n) is 7.60. The number of rotatable bonds is 7. The van der Waals surface area contributed by atoms with Crippen molar-refractivity contribution < 1.29 is 13.6 Å². The van der Waals surface area contributed by atoms with Gasteiger partial charge in [0.2, 0.25) is 0 Å². The summed E-state index contributed by atoms with van der Waals surface area (Å²) in [5.41, 5.74) is 3.21. The van der Waals surface area contributed by atoms with Gasteiger partial charge in [0.15, 0.2) is 5.65 Å². The first-order valence-corrected chi connectivity index (χ1v) is 17.5. The van der Waals surface area contributed by atoms with Gasteiger partial charge in [0.05, 0.1) is 17.3 Å². The minimum Gasteiger partial charge on any atom is -0.348 e. The molecule has 1 N–H and O–H groups in total. The lowest BCUT2D eigenvalue weighted by Gasteiger charge is -2.30. The maximum Gasteiger partial charge on any atom is 0.337 e. The lowest BCUT2D eigenvalue weighted by molar-refractivity contribution is 0.0917. The maximum atomic E-state index is 14.6. The van der Waals surface area contributed by atoms with Crippen molar-refractivity contribution >= 4 is 22.6 Å². The molecule has 1 saturated carbocycles. The predicted octanol–water partition coefficient (Wildman–Crippen LogP) is 6.04. The Hall–Kier alpha value is -5.49. The van der Waals surface area contributed by atoms with Crippen LogP contribution in [0, 0.1) is 11.6 Å². The highest BCUT2D eigenvalue weighted by molar-refractivity contribution is 5.93. The second kappa shape index (κ2) is 13.7. The summed E-state index contributed by atoms with van der Waals surface area (Å²) in [5.74, 6) is -1.49. The molecule has 0 atom stereocenters. The molecule has 6 aromatic rings. The number of aromatic nitrogens is 5. The largest absolute Gasteiger partial charge is 0.348 e. The van der Waals surface area contributed by atoms with Gasteiger partial charge in [-0.05, 0) is 105 Å². The number of benzene rings is 2. The first-order valence-electron chi connectivity index (χ1n) is 17.5. The molecule has 2 aromatic carbocycles. The Kier molecular flexibility index (Phi) is 8.77. The quantitative estimate of drug-likeness (QED) is 0.219. The van der Waals surface area contributed by atoms with Gasteiger partial charge in [-0.3, -0.25) is 19.1 Å². The Balaban J connectivity index is 1.07. The van der Waals surface area contributed by atoms with E-state index in [2.05, 4.69) is 32.3 Å². The van der Waals surface area contributed by atoms with Gasteiger partial charge in [-0.2, -0.15) is 0 Å². The zero-order valence-electron chi connectivity index (χ0n) is 28.0. The van der Waals surface area contributed by atoms with Gasteiger partial charge in [-0.25, -0.2) is 28.1 Å². The predicted molar refractivity (Wildman–Crippen MR) is 190 cm³/mol. The molecule has 0 radical (unpaired) electrons. The van der Waals surface area contributed by atoms with Gasteiger partial charge in [0.25, 0.3) is 11.5 Å². The molecule has 0 unspecified atom stereocenters. The second-order valence-electron chi connectivity index (χ2n) is 13.6. The van der Waals surface area contributed by atoms with E-state index in [9.17, 15) is 23.2 Å². The number of piperidine rings is 1. The SMILES string of the molecule is O=C(N[C@H]1CC[C@@H](n2c(=O)c3cc(F)cnc3n(-c3cccc(-c4cccc(CN5CCCCC5)c4)c3)c2=O)CC1)c1cn2cc(F)ccc2n1. The minimum atomic E-state index is -0.670. The Morgan fingerprint density at radius 3 is 2.41 bits per heavy atom. The fourth-order valence-corrected chi connectivity index (χ4v) is 7.60. The summed E-state index contributed by atoms with van der Waals surface area (Å²) in [6, 6.07) is 19.2. The maximum absolute atomic E-state index is 14.6. The highest BCUT2D eigenvalue weighted by Crippen LogP contribution is 2.29. The smallest absolute Gasteiger partial charge is 0.337 e. The van der Waals surface area contributed by atoms with Crippen LogP contribution in [0.1, 0.15) is 67.0 Å². The summed E-state index contributed by atoms with van der Waals surface area (Å²) in [6.45, 7) is 3.08. The molecule has 0 bridgehead atoms. The number of carbonyl (C=O) groups is 1. The summed E-state index contributed by atoms with van der Waals surface area (Å²) in [4.78, 5) is 52.2. The standard InChI is InChI=1S/C39H37F2N7O3/c40-28-10-15-35-44-34(24-46(35)23-28)37(49)43-30-11-13-31(14-12-30)48-38(50)33-20-29(41)21-42-36(33)47(39(48)51)32-9-5-8-27(19-32)26-7-4-6-25(18-26)22-45-16-2-1-3-17-45/h4-10,15,18-21,23-24,30-31H,1-3,11-14,16-17,22H2,(H,43,49)/t30-,31+. The van der Waals surface area contributed by atoms with Crippen LogP contribution >= 0.6 is 0 Å². The van der Waals surface area contributed by atoms with E-state index in [4.69, 9.17) is 0 Å². The Morgan fingerprint density at radius 1 is 0.843 bits per heavy atom. The van der Waals surface area contributed by atoms with Crippen LogP contribution in [0.25, 0.3) is 33.5 Å². The number of carbonyl (C=O) groups excluding carboxylic acids is 1. The van der Waals surface area contributed by atoms with Gasteiger partial charge in [0.1, 0.15) is 23.0 Å². The topological polar surface area (TPSA) is 107 Å². The lowest BCUT2D eigenvalue weighted by atomic mass is 9.90. The molecule has 4 aromatic heterocycles. The molecular weight excluding hydrogens is 652 g/mol. The van der Waals surface area contributed by atoms with E-state index in [0.717, 1.165) is 43.0 Å². The summed E-state index contributed by atoms with van der Waals surface area (Å²) in [6.07, 6.45) is 9.36. The van der Waals surface area contributed by atoms with Gasteiger partial charge in [-0.1, -0.05) is 36.8 Å². The van der Waals surface area contributed by atoms with E-state index in [1.54, 1.807) is 6.07 Å². The highest BCUT2D eigenvalue weighted by Gasteiger charge is 2.29. The number of nitrogens with one attached hydrogen (secondary N) is 1. The van der Waals surface area contributed by atoms with Crippen molar-refractivity contribution in [1.29, 1.82) is 0 Å². The van der Waals surface area contributed by atoms with Gasteiger partial charge >= 0.3 is 5.69 Å². The van der Waals surface area contributed by atoms with E-state index in [1.807, 2.05) is 30.3 Å². The van der Waals surface area contributed by atoms with Crippen molar-refractivity contribution in [3.8, 4) is 16.8 Å². The number of imidazole rings is 1. The normalized spacial score (nSPS) is 18.3. The summed E-state index contributed by atoms with van der Waals surface area (Å²) < 4.78 is 32.3. The molecule has 10 nitrogen and oxygen atoms in total. The molecule has 5 heterocycles. The Labute approximate surface area is 292 Å². The van der Waals surface area contributed by atoms with E-state index in [0.29, 0.717) is 37.0 Å². The van der Waals surface area contributed by atoms with Gasteiger partial charge < -0.3 is 9.72 Å².